The van der Waals surface area contributed by atoms with E-state index in [2.05, 4.69) is 4.52 Å². The highest BCUT2D eigenvalue weighted by Gasteiger charge is 2.48. The van der Waals surface area contributed by atoms with Gasteiger partial charge in [-0.1, -0.05) is 6.92 Å². The van der Waals surface area contributed by atoms with Crippen LogP contribution in [0, 0.1) is 0 Å². The summed E-state index contributed by atoms with van der Waals surface area (Å²) in [6.45, 7) is 1.47. The molecule has 0 aliphatic carbocycles. The van der Waals surface area contributed by atoms with Crippen molar-refractivity contribution in [3.63, 3.8) is 0 Å². The zero-order chi connectivity index (χ0) is 18.6. The first-order valence-corrected chi connectivity index (χ1v) is 9.10. The lowest BCUT2D eigenvalue weighted by molar-refractivity contribution is -0.765. The number of ether oxygens (including phenoxy) is 2. The average Bonchev–Trinajstić information content (AvgIpc) is 2.85. The lowest BCUT2D eigenvalue weighted by atomic mass is 10.1. The summed E-state index contributed by atoms with van der Waals surface area (Å²) in [7, 11) is -4.98. The van der Waals surface area contributed by atoms with Gasteiger partial charge in [-0.05, 0) is 12.5 Å². The van der Waals surface area contributed by atoms with Crippen molar-refractivity contribution in [1.29, 1.82) is 0 Å². The number of phosphoric acid groups is 1. The molecule has 140 valence electrons. The Kier molecular flexibility index (Phi) is 6.64. The fraction of sp³-hybridized carbons (Fsp3) is 0.571. The van der Waals surface area contributed by atoms with E-state index in [-0.39, 0.29) is 12.2 Å². The Morgan fingerprint density at radius 2 is 2.16 bits per heavy atom. The van der Waals surface area contributed by atoms with Crippen molar-refractivity contribution in [3.05, 3.63) is 30.1 Å². The van der Waals surface area contributed by atoms with Crippen LogP contribution in [-0.4, -0.2) is 52.6 Å². The highest BCUT2D eigenvalue weighted by Crippen LogP contribution is 2.33. The van der Waals surface area contributed by atoms with Crippen molar-refractivity contribution in [2.45, 2.75) is 37.9 Å². The fourth-order valence-electron chi connectivity index (χ4n) is 2.33. The van der Waals surface area contributed by atoms with Gasteiger partial charge < -0.3 is 34.0 Å². The molecule has 0 spiro atoms. The fourth-order valence-corrected chi connectivity index (χ4v) is 2.67. The molecule has 10 nitrogen and oxygen atoms in total. The van der Waals surface area contributed by atoms with Gasteiger partial charge in [0.15, 0.2) is 18.5 Å². The van der Waals surface area contributed by atoms with E-state index in [1.807, 2.05) is 6.92 Å². The van der Waals surface area contributed by atoms with Crippen LogP contribution in [0.1, 0.15) is 29.9 Å². The monoisotopic (exact) mass is 377 g/mol. The van der Waals surface area contributed by atoms with Gasteiger partial charge in [-0.15, -0.1) is 0 Å². The molecule has 0 saturated carbocycles. The second-order valence-electron chi connectivity index (χ2n) is 5.49. The molecule has 2 heterocycles. The molecule has 0 radical (unpaired) electrons. The van der Waals surface area contributed by atoms with Crippen molar-refractivity contribution >= 4 is 13.8 Å². The number of nitrogens with zero attached hydrogens (tertiary/aromatic N) is 1. The van der Waals surface area contributed by atoms with E-state index in [1.54, 1.807) is 0 Å². The second-order valence-corrected chi connectivity index (χ2v) is 6.68. The Hall–Kier alpha value is -1.39. The van der Waals surface area contributed by atoms with Gasteiger partial charge in [0.05, 0.1) is 13.2 Å². The number of phosphoric ester groups is 1. The van der Waals surface area contributed by atoms with Crippen molar-refractivity contribution in [2.24, 2.45) is 0 Å². The third-order valence-corrected chi connectivity index (χ3v) is 4.00. The van der Waals surface area contributed by atoms with Crippen LogP contribution in [0.2, 0.25) is 0 Å². The number of esters is 1. The molecule has 25 heavy (non-hydrogen) atoms. The van der Waals surface area contributed by atoms with Gasteiger partial charge in [0.25, 0.3) is 14.1 Å². The summed E-state index contributed by atoms with van der Waals surface area (Å²) in [5, 5.41) is 20.1. The molecule has 2 rings (SSSR count). The summed E-state index contributed by atoms with van der Waals surface area (Å²) in [6, 6.07) is 3.06. The van der Waals surface area contributed by atoms with E-state index in [9.17, 15) is 24.5 Å². The predicted octanol–water partition coefficient (Wildman–Crippen LogP) is -1.36. The van der Waals surface area contributed by atoms with E-state index >= 15 is 0 Å². The maximum atomic E-state index is 11.9. The molecule has 1 aliphatic heterocycles. The number of pyridine rings is 1. The van der Waals surface area contributed by atoms with Crippen LogP contribution in [0.5, 0.6) is 0 Å². The molecule has 1 aromatic heterocycles. The van der Waals surface area contributed by atoms with Crippen LogP contribution >= 0.6 is 7.82 Å². The minimum Gasteiger partial charge on any atom is -0.756 e. The molecule has 3 unspecified atom stereocenters. The number of hydrogen-bond donors (Lipinski definition) is 3. The molecule has 5 atom stereocenters. The number of carbonyl (C=O) groups is 1. The Morgan fingerprint density at radius 1 is 1.44 bits per heavy atom. The Balaban J connectivity index is 2.10. The topological polar surface area (TPSA) is 149 Å². The average molecular weight is 377 g/mol. The van der Waals surface area contributed by atoms with Crippen molar-refractivity contribution in [1.82, 2.24) is 0 Å². The third kappa shape index (κ3) is 5.29. The highest BCUT2D eigenvalue weighted by molar-refractivity contribution is 7.44. The molecular weight excluding hydrogens is 357 g/mol. The van der Waals surface area contributed by atoms with E-state index in [0.29, 0.717) is 6.42 Å². The van der Waals surface area contributed by atoms with Crippen LogP contribution in [0.25, 0.3) is 0 Å². The van der Waals surface area contributed by atoms with Crippen LogP contribution in [0.3, 0.4) is 0 Å². The normalized spacial score (nSPS) is 28.5. The van der Waals surface area contributed by atoms with Crippen LogP contribution < -0.4 is 9.46 Å². The summed E-state index contributed by atoms with van der Waals surface area (Å²) in [6.07, 6.45) is -1.54. The third-order valence-electron chi connectivity index (χ3n) is 3.53. The predicted molar refractivity (Wildman–Crippen MR) is 78.9 cm³/mol. The molecule has 0 bridgehead atoms. The second kappa shape index (κ2) is 8.33. The standard InChI is InChI=1S/C14H20NO9P/c1-2-6-22-14(18)9-4-3-5-15(7-9)13-12(17)11(16)10(24-13)8-23-25(19,20)21/h3-5,7,10-13,16-17H,2,6,8H2,1H3,(H-,19,20,21)/t10-,11?,12?,13-/m1/s1. The highest BCUT2D eigenvalue weighted by atomic mass is 31.2. The quantitative estimate of drug-likeness (QED) is 0.297. The number of rotatable bonds is 7. The van der Waals surface area contributed by atoms with Gasteiger partial charge in [-0.3, -0.25) is 4.57 Å². The number of hydrogen-bond acceptors (Lipinski definition) is 8. The number of aromatic nitrogens is 1. The lowest BCUT2D eigenvalue weighted by Gasteiger charge is -2.19. The number of aliphatic hydroxyl groups is 2. The van der Waals surface area contributed by atoms with E-state index in [0.717, 1.165) is 0 Å². The molecular formula is C14H20NO9P. The van der Waals surface area contributed by atoms with Crippen LogP contribution in [0.15, 0.2) is 24.5 Å². The number of carbonyl (C=O) groups excluding carboxylic acids is 1. The smallest absolute Gasteiger partial charge is 0.344 e. The SMILES string of the molecule is CCCOC(=O)c1ccc[n+]([C@@H]2O[C@H](COP(=O)([O-])O)C(O)C2O)c1. The first-order valence-electron chi connectivity index (χ1n) is 7.61. The first-order chi connectivity index (χ1) is 11.7. The van der Waals surface area contributed by atoms with Gasteiger partial charge in [0.1, 0.15) is 17.8 Å². The Morgan fingerprint density at radius 3 is 2.80 bits per heavy atom. The summed E-state index contributed by atoms with van der Waals surface area (Å²) in [4.78, 5) is 31.1. The molecule has 0 aromatic carbocycles. The number of aliphatic hydroxyl groups excluding tert-OH is 2. The van der Waals surface area contributed by atoms with Crippen molar-refractivity contribution in [3.8, 4) is 0 Å². The van der Waals surface area contributed by atoms with Gasteiger partial charge in [0.2, 0.25) is 0 Å². The molecule has 1 saturated heterocycles. The Labute approximate surface area is 143 Å². The summed E-state index contributed by atoms with van der Waals surface area (Å²) < 4.78 is 26.6. The Bertz CT molecular complexity index is 649. The summed E-state index contributed by atoms with van der Waals surface area (Å²) in [5.41, 5.74) is 0.223. The molecule has 1 aromatic rings. The minimum atomic E-state index is -4.98. The van der Waals surface area contributed by atoms with Gasteiger partial charge in [0, 0.05) is 6.07 Å². The van der Waals surface area contributed by atoms with Gasteiger partial charge >= 0.3 is 5.97 Å². The van der Waals surface area contributed by atoms with Crippen molar-refractivity contribution < 1.29 is 47.9 Å². The summed E-state index contributed by atoms with van der Waals surface area (Å²) in [5.74, 6) is -0.545. The van der Waals surface area contributed by atoms with E-state index in [4.69, 9.17) is 14.4 Å². The molecule has 11 heteroatoms. The van der Waals surface area contributed by atoms with Crippen LogP contribution in [0.4, 0.5) is 0 Å². The molecule has 0 amide bonds. The maximum Gasteiger partial charge on any atom is 0.344 e. The zero-order valence-electron chi connectivity index (χ0n) is 13.4. The van der Waals surface area contributed by atoms with Crippen molar-refractivity contribution in [2.75, 3.05) is 13.2 Å². The van der Waals surface area contributed by atoms with E-state index < -0.39 is 44.9 Å². The van der Waals surface area contributed by atoms with Crippen LogP contribution in [-0.2, 0) is 18.6 Å². The largest absolute Gasteiger partial charge is 0.756 e. The minimum absolute atomic E-state index is 0.223. The molecule has 1 fully saturated rings. The lowest BCUT2D eigenvalue weighted by Crippen LogP contribution is -2.46. The molecule has 1 aliphatic rings. The maximum absolute atomic E-state index is 11.9. The van der Waals surface area contributed by atoms with Gasteiger partial charge in [-0.25, -0.2) is 4.79 Å². The first kappa shape index (κ1) is 19.9. The van der Waals surface area contributed by atoms with E-state index in [1.165, 1.54) is 29.1 Å². The zero-order valence-corrected chi connectivity index (χ0v) is 14.3. The van der Waals surface area contributed by atoms with Gasteiger partial charge in [-0.2, -0.15) is 4.57 Å². The summed E-state index contributed by atoms with van der Waals surface area (Å²) >= 11 is 0. The molecule has 3 N–H and O–H groups in total.